The topological polar surface area (TPSA) is 69.5 Å². The van der Waals surface area contributed by atoms with Crippen molar-refractivity contribution in [2.45, 2.75) is 45.7 Å². The number of rotatable bonds is 2. The number of para-hydroxylation sites is 2. The summed E-state index contributed by atoms with van der Waals surface area (Å²) in [7, 11) is 0. The summed E-state index contributed by atoms with van der Waals surface area (Å²) >= 11 is 0. The van der Waals surface area contributed by atoms with Crippen LogP contribution in [0.1, 0.15) is 36.8 Å². The normalized spacial score (nSPS) is 15.1. The molecule has 3 heterocycles. The summed E-state index contributed by atoms with van der Waals surface area (Å²) in [5.74, 6) is 1.86. The van der Waals surface area contributed by atoms with Crippen LogP contribution in [0.4, 0.5) is 0 Å². The predicted molar refractivity (Wildman–Crippen MR) is 117 cm³/mol. The molecule has 0 atom stereocenters. The second kappa shape index (κ2) is 10.1. The Morgan fingerprint density at radius 2 is 1.90 bits per heavy atom. The molecule has 1 aliphatic heterocycles. The van der Waals surface area contributed by atoms with Gasteiger partial charge in [-0.15, -0.1) is 0 Å². The van der Waals surface area contributed by atoms with Crippen LogP contribution < -0.4 is 9.47 Å². The van der Waals surface area contributed by atoms with Gasteiger partial charge in [-0.3, -0.25) is 9.48 Å². The average Bonchev–Trinajstić information content (AvgIpc) is 3.18. The molecule has 1 aliphatic rings. The van der Waals surface area contributed by atoms with Gasteiger partial charge in [0.2, 0.25) is 11.8 Å². The van der Waals surface area contributed by atoms with Crippen LogP contribution in [-0.4, -0.2) is 38.7 Å². The van der Waals surface area contributed by atoms with Gasteiger partial charge in [-0.1, -0.05) is 31.0 Å². The molecule has 0 fully saturated rings. The molecule has 0 unspecified atom stereocenters. The Morgan fingerprint density at radius 3 is 2.74 bits per heavy atom. The number of ether oxygens (including phenoxy) is 2. The molecular weight excluding hydrogens is 392 g/mol. The Balaban J connectivity index is 1.59. The van der Waals surface area contributed by atoms with E-state index in [9.17, 15) is 4.79 Å². The lowest BCUT2D eigenvalue weighted by atomic mass is 10.1. The summed E-state index contributed by atoms with van der Waals surface area (Å²) in [6.45, 7) is 3.95. The third-order valence-electron chi connectivity index (χ3n) is 5.26. The average molecular weight is 421 g/mol. The number of benzene rings is 1. The third kappa shape index (κ3) is 5.63. The highest BCUT2D eigenvalue weighted by Gasteiger charge is 2.19. The minimum Gasteiger partial charge on any atom is -0.490 e. The maximum Gasteiger partial charge on any atom is 0.244 e. The van der Waals surface area contributed by atoms with Crippen LogP contribution in [0.2, 0.25) is 0 Å². The van der Waals surface area contributed by atoms with Gasteiger partial charge in [0.25, 0.3) is 0 Å². The van der Waals surface area contributed by atoms with Gasteiger partial charge >= 0.3 is 0 Å². The van der Waals surface area contributed by atoms with Crippen LogP contribution in [0, 0.1) is 6.92 Å². The van der Waals surface area contributed by atoms with Crippen molar-refractivity contribution in [3.05, 3.63) is 66.1 Å². The second-order valence-electron chi connectivity index (χ2n) is 7.81. The predicted octanol–water partition coefficient (Wildman–Crippen LogP) is 4.36. The van der Waals surface area contributed by atoms with Crippen LogP contribution >= 0.6 is 0 Å². The molecule has 1 aromatic carbocycles. The molecule has 0 radical (unpaired) electrons. The number of nitrogens with zero attached hydrogens (tertiary/aromatic N) is 4. The molecule has 31 heavy (non-hydrogen) atoms. The molecule has 7 heteroatoms. The molecule has 2 aromatic heterocycles. The van der Waals surface area contributed by atoms with Crippen LogP contribution in [0.25, 0.3) is 0 Å². The van der Waals surface area contributed by atoms with Gasteiger partial charge in [-0.2, -0.15) is 5.10 Å². The number of aryl methyl sites for hydroxylation is 1. The highest BCUT2D eigenvalue weighted by atomic mass is 16.5. The van der Waals surface area contributed by atoms with E-state index in [0.29, 0.717) is 37.1 Å². The molecule has 0 aliphatic carbocycles. The van der Waals surface area contributed by atoms with E-state index in [1.54, 1.807) is 17.1 Å². The molecule has 0 saturated carbocycles. The van der Waals surface area contributed by atoms with E-state index in [-0.39, 0.29) is 12.5 Å². The lowest BCUT2D eigenvalue weighted by Crippen LogP contribution is -2.34. The van der Waals surface area contributed by atoms with E-state index in [1.807, 2.05) is 54.4 Å². The van der Waals surface area contributed by atoms with Gasteiger partial charge in [0, 0.05) is 24.5 Å². The lowest BCUT2D eigenvalue weighted by Gasteiger charge is -2.24. The molecule has 162 valence electrons. The fourth-order valence-electron chi connectivity index (χ4n) is 3.62. The van der Waals surface area contributed by atoms with Crippen LogP contribution in [0.5, 0.6) is 17.4 Å². The quantitative estimate of drug-likeness (QED) is 0.616. The van der Waals surface area contributed by atoms with Crippen molar-refractivity contribution in [1.82, 2.24) is 19.7 Å². The van der Waals surface area contributed by atoms with Gasteiger partial charge in [-0.25, -0.2) is 4.98 Å². The number of pyridine rings is 1. The number of carbonyl (C=O) groups excluding carboxylic acids is 1. The Kier molecular flexibility index (Phi) is 6.82. The van der Waals surface area contributed by atoms with Crippen molar-refractivity contribution in [1.29, 1.82) is 0 Å². The van der Waals surface area contributed by atoms with Gasteiger partial charge in [-0.05, 0) is 43.5 Å². The van der Waals surface area contributed by atoms with Crippen molar-refractivity contribution in [2.24, 2.45) is 0 Å². The van der Waals surface area contributed by atoms with Crippen molar-refractivity contribution >= 4 is 5.91 Å². The standard InChI is InChI=1S/C24H28N4O3/c1-19-15-26-28(16-19)18-23(29)27-13-6-2-3-7-14-30-21-10-4-5-11-22(21)31-24-20(17-27)9-8-12-25-24/h4-5,8-12,15-16H,2-3,6-7,13-14,17-18H2,1H3. The zero-order chi connectivity index (χ0) is 21.5. The molecule has 0 spiro atoms. The number of carbonyl (C=O) groups is 1. The van der Waals surface area contributed by atoms with Gasteiger partial charge < -0.3 is 14.4 Å². The summed E-state index contributed by atoms with van der Waals surface area (Å²) in [5, 5.41) is 4.26. The number of aromatic nitrogens is 3. The minimum absolute atomic E-state index is 0.0359. The van der Waals surface area contributed by atoms with Gasteiger partial charge in [0.1, 0.15) is 6.54 Å². The Labute approximate surface area is 182 Å². The SMILES string of the molecule is Cc1cnn(CC(=O)N2CCCCCCOc3ccccc3Oc3ncccc3C2)c1. The van der Waals surface area contributed by atoms with Crippen molar-refractivity contribution in [3.8, 4) is 17.4 Å². The van der Waals surface area contributed by atoms with Crippen LogP contribution in [-0.2, 0) is 17.9 Å². The van der Waals surface area contributed by atoms with Gasteiger partial charge in [0.05, 0.1) is 19.3 Å². The van der Waals surface area contributed by atoms with Crippen LogP contribution in [0.15, 0.2) is 55.0 Å². The van der Waals surface area contributed by atoms with Crippen molar-refractivity contribution in [2.75, 3.05) is 13.2 Å². The first kappa shape index (κ1) is 20.9. The molecule has 4 rings (SSSR count). The number of amides is 1. The first-order chi connectivity index (χ1) is 15.2. The summed E-state index contributed by atoms with van der Waals surface area (Å²) < 4.78 is 13.8. The molecule has 0 bridgehead atoms. The Morgan fingerprint density at radius 1 is 1.06 bits per heavy atom. The number of hydrogen-bond acceptors (Lipinski definition) is 5. The summed E-state index contributed by atoms with van der Waals surface area (Å²) in [6.07, 6.45) is 9.36. The zero-order valence-electron chi connectivity index (χ0n) is 17.9. The fraction of sp³-hybridized carbons (Fsp3) is 0.375. The largest absolute Gasteiger partial charge is 0.490 e. The molecule has 3 aromatic rings. The van der Waals surface area contributed by atoms with E-state index in [0.717, 1.165) is 36.8 Å². The third-order valence-corrected chi connectivity index (χ3v) is 5.26. The molecule has 1 amide bonds. The molecule has 7 nitrogen and oxygen atoms in total. The van der Waals surface area contributed by atoms with E-state index in [2.05, 4.69) is 10.1 Å². The van der Waals surface area contributed by atoms with E-state index < -0.39 is 0 Å². The molecule has 0 saturated heterocycles. The highest BCUT2D eigenvalue weighted by Crippen LogP contribution is 2.32. The molecule has 0 N–H and O–H groups in total. The summed E-state index contributed by atoms with van der Waals surface area (Å²) in [4.78, 5) is 19.4. The lowest BCUT2D eigenvalue weighted by molar-refractivity contribution is -0.132. The second-order valence-corrected chi connectivity index (χ2v) is 7.81. The monoisotopic (exact) mass is 420 g/mol. The number of fused-ring (bicyclic) bond motifs is 2. The fourth-order valence-corrected chi connectivity index (χ4v) is 3.62. The number of hydrogen-bond donors (Lipinski definition) is 0. The molecular formula is C24H28N4O3. The van der Waals surface area contributed by atoms with E-state index >= 15 is 0 Å². The first-order valence-corrected chi connectivity index (χ1v) is 10.8. The van der Waals surface area contributed by atoms with Crippen molar-refractivity contribution in [3.63, 3.8) is 0 Å². The highest BCUT2D eigenvalue weighted by molar-refractivity contribution is 5.76. The van der Waals surface area contributed by atoms with Crippen LogP contribution in [0.3, 0.4) is 0 Å². The first-order valence-electron chi connectivity index (χ1n) is 10.8. The maximum atomic E-state index is 13.1. The van der Waals surface area contributed by atoms with E-state index in [4.69, 9.17) is 9.47 Å². The van der Waals surface area contributed by atoms with Gasteiger partial charge in [0.15, 0.2) is 11.5 Å². The Bertz CT molecular complexity index is 1020. The zero-order valence-corrected chi connectivity index (χ0v) is 17.9. The minimum atomic E-state index is 0.0359. The Hall–Kier alpha value is -3.35. The van der Waals surface area contributed by atoms with Crippen molar-refractivity contribution < 1.29 is 14.3 Å². The smallest absolute Gasteiger partial charge is 0.244 e. The summed E-state index contributed by atoms with van der Waals surface area (Å²) in [6, 6.07) is 11.5. The van der Waals surface area contributed by atoms with E-state index in [1.165, 1.54) is 0 Å². The summed E-state index contributed by atoms with van der Waals surface area (Å²) in [5.41, 5.74) is 1.90. The maximum absolute atomic E-state index is 13.1.